The topological polar surface area (TPSA) is 69.6 Å². The molecule has 0 saturated heterocycles. The molecule has 2 aromatic rings. The summed E-state index contributed by atoms with van der Waals surface area (Å²) in [6.07, 6.45) is 0. The van der Waals surface area contributed by atoms with E-state index in [9.17, 15) is 0 Å². The van der Waals surface area contributed by atoms with Crippen LogP contribution in [0.4, 0.5) is 5.69 Å². The number of nitrogen functional groups attached to an aromatic ring is 1. The molecule has 0 aliphatic heterocycles. The SMILES string of the molecule is Cc1nnn(-c2cc(N)ccc2C)n1. The Labute approximate surface area is 81.5 Å². The minimum absolute atomic E-state index is 0.645. The maximum absolute atomic E-state index is 5.68. The molecule has 1 heterocycles. The van der Waals surface area contributed by atoms with E-state index in [4.69, 9.17) is 5.73 Å². The molecule has 0 aliphatic carbocycles. The van der Waals surface area contributed by atoms with Crippen molar-refractivity contribution in [1.82, 2.24) is 20.2 Å². The first-order valence-electron chi connectivity index (χ1n) is 4.30. The molecular formula is C9H11N5. The summed E-state index contributed by atoms with van der Waals surface area (Å²) in [4.78, 5) is 1.49. The van der Waals surface area contributed by atoms with Crippen LogP contribution < -0.4 is 5.73 Å². The van der Waals surface area contributed by atoms with Gasteiger partial charge in [0.25, 0.3) is 0 Å². The third kappa shape index (κ3) is 1.44. The van der Waals surface area contributed by atoms with Crippen LogP contribution in [0.25, 0.3) is 5.69 Å². The fourth-order valence-corrected chi connectivity index (χ4v) is 1.23. The van der Waals surface area contributed by atoms with Gasteiger partial charge in [-0.1, -0.05) is 6.07 Å². The quantitative estimate of drug-likeness (QED) is 0.675. The molecule has 0 spiro atoms. The van der Waals surface area contributed by atoms with E-state index in [1.165, 1.54) is 4.80 Å². The maximum Gasteiger partial charge on any atom is 0.172 e. The van der Waals surface area contributed by atoms with Crippen molar-refractivity contribution >= 4 is 5.69 Å². The van der Waals surface area contributed by atoms with Gasteiger partial charge < -0.3 is 5.73 Å². The number of aryl methyl sites for hydroxylation is 2. The first kappa shape index (κ1) is 8.68. The van der Waals surface area contributed by atoms with Crippen LogP contribution in [0.3, 0.4) is 0 Å². The van der Waals surface area contributed by atoms with Crippen molar-refractivity contribution in [3.63, 3.8) is 0 Å². The summed E-state index contributed by atoms with van der Waals surface area (Å²) in [5, 5.41) is 11.8. The highest BCUT2D eigenvalue weighted by atomic mass is 15.6. The lowest BCUT2D eigenvalue weighted by Gasteiger charge is -2.03. The summed E-state index contributed by atoms with van der Waals surface area (Å²) in [6.45, 7) is 3.78. The lowest BCUT2D eigenvalue weighted by atomic mass is 10.2. The van der Waals surface area contributed by atoms with Gasteiger partial charge in [-0.2, -0.15) is 0 Å². The standard InChI is InChI=1S/C9H11N5/c1-6-3-4-8(10)5-9(6)14-12-7(2)11-13-14/h3-5H,10H2,1-2H3. The van der Waals surface area contributed by atoms with E-state index in [1.54, 1.807) is 6.92 Å². The van der Waals surface area contributed by atoms with Gasteiger partial charge in [-0.25, -0.2) is 0 Å². The average Bonchev–Trinajstić information content (AvgIpc) is 2.56. The second-order valence-corrected chi connectivity index (χ2v) is 3.17. The van der Waals surface area contributed by atoms with Gasteiger partial charge >= 0.3 is 0 Å². The van der Waals surface area contributed by atoms with E-state index >= 15 is 0 Å². The molecule has 5 nitrogen and oxygen atoms in total. The van der Waals surface area contributed by atoms with Gasteiger partial charge in [0, 0.05) is 5.69 Å². The van der Waals surface area contributed by atoms with Crippen molar-refractivity contribution in [3.05, 3.63) is 29.6 Å². The summed E-state index contributed by atoms with van der Waals surface area (Å²) in [5.74, 6) is 0.645. The highest BCUT2D eigenvalue weighted by molar-refractivity contribution is 5.51. The van der Waals surface area contributed by atoms with E-state index in [2.05, 4.69) is 15.4 Å². The lowest BCUT2D eigenvalue weighted by Crippen LogP contribution is -2.02. The molecule has 2 rings (SSSR count). The summed E-state index contributed by atoms with van der Waals surface area (Å²) >= 11 is 0. The third-order valence-electron chi connectivity index (χ3n) is 1.96. The Balaban J connectivity index is 2.55. The summed E-state index contributed by atoms with van der Waals surface area (Å²) in [6, 6.07) is 5.61. The van der Waals surface area contributed by atoms with Gasteiger partial charge in [-0.3, -0.25) is 0 Å². The zero-order valence-corrected chi connectivity index (χ0v) is 8.10. The molecule has 0 aliphatic rings. The number of nitrogens with zero attached hydrogens (tertiary/aromatic N) is 4. The van der Waals surface area contributed by atoms with Crippen LogP contribution in [0.1, 0.15) is 11.4 Å². The average molecular weight is 189 g/mol. The predicted molar refractivity (Wildman–Crippen MR) is 53.0 cm³/mol. The van der Waals surface area contributed by atoms with Gasteiger partial charge in [0.05, 0.1) is 5.69 Å². The molecule has 0 fully saturated rings. The van der Waals surface area contributed by atoms with Gasteiger partial charge in [0.15, 0.2) is 5.82 Å². The molecule has 0 saturated carbocycles. The summed E-state index contributed by atoms with van der Waals surface area (Å²) < 4.78 is 0. The van der Waals surface area contributed by atoms with Gasteiger partial charge in [-0.05, 0) is 36.8 Å². The highest BCUT2D eigenvalue weighted by Crippen LogP contribution is 2.15. The minimum atomic E-state index is 0.645. The van der Waals surface area contributed by atoms with Crippen LogP contribution in [0.5, 0.6) is 0 Å². The number of aromatic nitrogens is 4. The fourth-order valence-electron chi connectivity index (χ4n) is 1.23. The smallest absolute Gasteiger partial charge is 0.172 e. The molecule has 5 heteroatoms. The zero-order valence-electron chi connectivity index (χ0n) is 8.10. The molecule has 0 bridgehead atoms. The van der Waals surface area contributed by atoms with Crippen LogP contribution in [0.15, 0.2) is 18.2 Å². The molecule has 72 valence electrons. The van der Waals surface area contributed by atoms with Crippen LogP contribution >= 0.6 is 0 Å². The van der Waals surface area contributed by atoms with Crippen molar-refractivity contribution in [3.8, 4) is 5.69 Å². The largest absolute Gasteiger partial charge is 0.399 e. The molecular weight excluding hydrogens is 178 g/mol. The number of hydrogen-bond acceptors (Lipinski definition) is 4. The van der Waals surface area contributed by atoms with E-state index < -0.39 is 0 Å². The molecule has 0 radical (unpaired) electrons. The molecule has 2 N–H and O–H groups in total. The number of nitrogens with two attached hydrogens (primary N) is 1. The number of hydrogen-bond donors (Lipinski definition) is 1. The van der Waals surface area contributed by atoms with E-state index in [0.717, 1.165) is 11.3 Å². The van der Waals surface area contributed by atoms with Crippen LogP contribution in [0, 0.1) is 13.8 Å². The van der Waals surface area contributed by atoms with E-state index in [1.807, 2.05) is 25.1 Å². The Hall–Kier alpha value is -1.91. The summed E-state index contributed by atoms with van der Waals surface area (Å²) in [5.41, 5.74) is 8.31. The number of anilines is 1. The Kier molecular flexibility index (Phi) is 1.92. The molecule has 0 unspecified atom stereocenters. The molecule has 1 aromatic heterocycles. The predicted octanol–water partition coefficient (Wildman–Crippen LogP) is 0.861. The van der Waals surface area contributed by atoms with Gasteiger partial charge in [0.1, 0.15) is 0 Å². The Morgan fingerprint density at radius 2 is 2.07 bits per heavy atom. The highest BCUT2D eigenvalue weighted by Gasteiger charge is 2.04. The fraction of sp³-hybridized carbons (Fsp3) is 0.222. The Morgan fingerprint density at radius 3 is 2.71 bits per heavy atom. The molecule has 0 amide bonds. The Bertz CT molecular complexity index is 460. The monoisotopic (exact) mass is 189 g/mol. The number of tetrazole rings is 1. The van der Waals surface area contributed by atoms with Crippen molar-refractivity contribution in [2.75, 3.05) is 5.73 Å². The second kappa shape index (κ2) is 3.10. The van der Waals surface area contributed by atoms with Crippen LogP contribution in [-0.2, 0) is 0 Å². The minimum Gasteiger partial charge on any atom is -0.399 e. The van der Waals surface area contributed by atoms with Gasteiger partial charge in [-0.15, -0.1) is 15.0 Å². The van der Waals surface area contributed by atoms with E-state index in [-0.39, 0.29) is 0 Å². The second-order valence-electron chi connectivity index (χ2n) is 3.17. The van der Waals surface area contributed by atoms with Crippen molar-refractivity contribution < 1.29 is 0 Å². The first-order valence-corrected chi connectivity index (χ1v) is 4.30. The normalized spacial score (nSPS) is 10.4. The zero-order chi connectivity index (χ0) is 10.1. The van der Waals surface area contributed by atoms with E-state index in [0.29, 0.717) is 11.5 Å². The van der Waals surface area contributed by atoms with Crippen molar-refractivity contribution in [2.45, 2.75) is 13.8 Å². The Morgan fingerprint density at radius 1 is 1.29 bits per heavy atom. The van der Waals surface area contributed by atoms with Crippen molar-refractivity contribution in [1.29, 1.82) is 0 Å². The number of benzene rings is 1. The number of rotatable bonds is 1. The third-order valence-corrected chi connectivity index (χ3v) is 1.96. The van der Waals surface area contributed by atoms with Gasteiger partial charge in [0.2, 0.25) is 0 Å². The maximum atomic E-state index is 5.68. The summed E-state index contributed by atoms with van der Waals surface area (Å²) in [7, 11) is 0. The van der Waals surface area contributed by atoms with Crippen LogP contribution in [-0.4, -0.2) is 20.2 Å². The molecule has 1 aromatic carbocycles. The first-order chi connectivity index (χ1) is 6.66. The molecule has 0 atom stereocenters. The van der Waals surface area contributed by atoms with Crippen LogP contribution in [0.2, 0.25) is 0 Å². The molecule has 14 heavy (non-hydrogen) atoms. The lowest BCUT2D eigenvalue weighted by molar-refractivity contribution is 0.715. The van der Waals surface area contributed by atoms with Crippen molar-refractivity contribution in [2.24, 2.45) is 0 Å².